The van der Waals surface area contributed by atoms with E-state index >= 15 is 0 Å². The Morgan fingerprint density at radius 3 is 2.00 bits per heavy atom. The second-order valence-electron chi connectivity index (χ2n) is 2.65. The molecule has 0 amide bonds. The van der Waals surface area contributed by atoms with Crippen molar-refractivity contribution >= 4 is 0 Å². The zero-order valence-electron chi connectivity index (χ0n) is 7.48. The smallest absolute Gasteiger partial charge is 0.124 e. The van der Waals surface area contributed by atoms with Gasteiger partial charge >= 0.3 is 0 Å². The van der Waals surface area contributed by atoms with Gasteiger partial charge in [0, 0.05) is 22.8 Å². The number of hydrogen-bond donors (Lipinski definition) is 0. The largest absolute Gasteiger partial charge is 0.483 e. The van der Waals surface area contributed by atoms with E-state index in [1.54, 1.807) is 0 Å². The normalized spacial score (nSPS) is 8.86. The Bertz CT molecular complexity index is 321. The Hall–Kier alpha value is -1.24. The van der Waals surface area contributed by atoms with Crippen molar-refractivity contribution in [1.82, 2.24) is 0 Å². The maximum Gasteiger partial charge on any atom is 0.124 e. The molecule has 0 heterocycles. The van der Waals surface area contributed by atoms with E-state index in [9.17, 15) is 0 Å². The van der Waals surface area contributed by atoms with E-state index in [1.165, 1.54) is 0 Å². The SMILES string of the molecule is [Mn].[c-]1ccc(Oc2ccccc2)cc1. The molecule has 1 nitrogen and oxygen atoms in total. The van der Waals surface area contributed by atoms with Crippen molar-refractivity contribution in [3.8, 4) is 11.5 Å². The standard InChI is InChI=1S/C12H9O.Mn/c1-3-7-11(8-4-1)13-12-9-5-2-6-10-12;/h1,3-10H;/q-1;. The van der Waals surface area contributed by atoms with Crippen LogP contribution in [0.5, 0.6) is 11.5 Å². The van der Waals surface area contributed by atoms with Crippen LogP contribution in [-0.4, -0.2) is 0 Å². The molecule has 1 radical (unpaired) electrons. The molecular formula is C12H9MnO-. The van der Waals surface area contributed by atoms with Gasteiger partial charge in [0.05, 0.1) is 0 Å². The van der Waals surface area contributed by atoms with Gasteiger partial charge < -0.3 is 4.74 Å². The van der Waals surface area contributed by atoms with Crippen LogP contribution in [0.2, 0.25) is 0 Å². The van der Waals surface area contributed by atoms with Crippen LogP contribution in [0.3, 0.4) is 0 Å². The minimum absolute atomic E-state index is 0. The van der Waals surface area contributed by atoms with Gasteiger partial charge in [0.15, 0.2) is 0 Å². The number of para-hydroxylation sites is 1. The zero-order valence-corrected chi connectivity index (χ0v) is 8.66. The molecule has 14 heavy (non-hydrogen) atoms. The van der Waals surface area contributed by atoms with Crippen molar-refractivity contribution in [2.24, 2.45) is 0 Å². The molecule has 71 valence electrons. The van der Waals surface area contributed by atoms with E-state index < -0.39 is 0 Å². The second-order valence-corrected chi connectivity index (χ2v) is 2.65. The van der Waals surface area contributed by atoms with Crippen LogP contribution in [0.4, 0.5) is 0 Å². The van der Waals surface area contributed by atoms with E-state index in [2.05, 4.69) is 6.07 Å². The first kappa shape index (κ1) is 10.8. The van der Waals surface area contributed by atoms with E-state index in [1.807, 2.05) is 54.6 Å². The molecule has 0 N–H and O–H groups in total. The Morgan fingerprint density at radius 2 is 1.36 bits per heavy atom. The monoisotopic (exact) mass is 224 g/mol. The topological polar surface area (TPSA) is 9.23 Å². The van der Waals surface area contributed by atoms with Crippen LogP contribution < -0.4 is 4.74 Å². The van der Waals surface area contributed by atoms with Crippen LogP contribution in [0.15, 0.2) is 54.6 Å². The summed E-state index contributed by atoms with van der Waals surface area (Å²) < 4.78 is 5.56. The molecule has 0 saturated carbocycles. The van der Waals surface area contributed by atoms with Crippen LogP contribution in [0, 0.1) is 6.07 Å². The fourth-order valence-corrected chi connectivity index (χ4v) is 1.06. The molecule has 2 heteroatoms. The van der Waals surface area contributed by atoms with Gasteiger partial charge in [-0.15, -0.1) is 12.1 Å². The minimum Gasteiger partial charge on any atom is -0.483 e. The van der Waals surface area contributed by atoms with Crippen molar-refractivity contribution in [3.05, 3.63) is 60.7 Å². The molecule has 0 saturated heterocycles. The predicted molar refractivity (Wildman–Crippen MR) is 51.8 cm³/mol. The van der Waals surface area contributed by atoms with Gasteiger partial charge in [-0.3, -0.25) is 0 Å². The number of hydrogen-bond acceptors (Lipinski definition) is 1. The summed E-state index contributed by atoms with van der Waals surface area (Å²) in [5, 5.41) is 0. The Balaban J connectivity index is 0.000000980. The van der Waals surface area contributed by atoms with Crippen molar-refractivity contribution < 1.29 is 21.8 Å². The number of benzene rings is 2. The van der Waals surface area contributed by atoms with Crippen LogP contribution >= 0.6 is 0 Å². The first-order valence-electron chi connectivity index (χ1n) is 4.14. The maximum atomic E-state index is 5.56. The van der Waals surface area contributed by atoms with Crippen molar-refractivity contribution in [1.29, 1.82) is 0 Å². The average Bonchev–Trinajstić information content (AvgIpc) is 2.21. The number of ether oxygens (including phenoxy) is 1. The summed E-state index contributed by atoms with van der Waals surface area (Å²) >= 11 is 0. The fourth-order valence-electron chi connectivity index (χ4n) is 1.06. The Kier molecular flexibility index (Phi) is 4.24. The molecular weight excluding hydrogens is 215 g/mol. The molecule has 0 fully saturated rings. The van der Waals surface area contributed by atoms with Crippen molar-refractivity contribution in [3.63, 3.8) is 0 Å². The summed E-state index contributed by atoms with van der Waals surface area (Å²) in [6.07, 6.45) is 0. The van der Waals surface area contributed by atoms with Crippen LogP contribution in [-0.2, 0) is 17.1 Å². The molecule has 0 unspecified atom stereocenters. The molecule has 0 atom stereocenters. The molecule has 0 aliphatic rings. The zero-order chi connectivity index (χ0) is 8.93. The number of rotatable bonds is 2. The molecule has 0 aliphatic heterocycles. The van der Waals surface area contributed by atoms with Gasteiger partial charge in [-0.25, -0.2) is 0 Å². The summed E-state index contributed by atoms with van der Waals surface area (Å²) in [6.45, 7) is 0. The van der Waals surface area contributed by atoms with Gasteiger partial charge in [-0.2, -0.15) is 18.2 Å². The third-order valence-electron chi connectivity index (χ3n) is 1.67. The van der Waals surface area contributed by atoms with E-state index in [0.717, 1.165) is 11.5 Å². The molecule has 2 aromatic rings. The maximum absolute atomic E-state index is 5.56. The Morgan fingerprint density at radius 1 is 0.786 bits per heavy atom. The summed E-state index contributed by atoms with van der Waals surface area (Å²) in [7, 11) is 0. The average molecular weight is 224 g/mol. The summed E-state index contributed by atoms with van der Waals surface area (Å²) in [5.74, 6) is 1.69. The van der Waals surface area contributed by atoms with E-state index in [4.69, 9.17) is 4.74 Å². The van der Waals surface area contributed by atoms with E-state index in [0.29, 0.717) is 0 Å². The van der Waals surface area contributed by atoms with Gasteiger partial charge in [0.25, 0.3) is 0 Å². The van der Waals surface area contributed by atoms with Gasteiger partial charge in [0.1, 0.15) is 5.75 Å². The fraction of sp³-hybridized carbons (Fsp3) is 0. The van der Waals surface area contributed by atoms with Crippen molar-refractivity contribution in [2.45, 2.75) is 0 Å². The summed E-state index contributed by atoms with van der Waals surface area (Å²) in [6, 6.07) is 20.1. The second kappa shape index (κ2) is 5.48. The molecule has 0 aromatic heterocycles. The van der Waals surface area contributed by atoms with Gasteiger partial charge in [-0.1, -0.05) is 18.2 Å². The molecule has 0 spiro atoms. The first-order chi connectivity index (χ1) is 6.45. The molecule has 2 aromatic carbocycles. The summed E-state index contributed by atoms with van der Waals surface area (Å²) in [5.41, 5.74) is 0. The third kappa shape index (κ3) is 2.91. The van der Waals surface area contributed by atoms with E-state index in [-0.39, 0.29) is 17.1 Å². The molecule has 2 rings (SSSR count). The van der Waals surface area contributed by atoms with Crippen LogP contribution in [0.1, 0.15) is 0 Å². The minimum atomic E-state index is 0. The quantitative estimate of drug-likeness (QED) is 0.561. The Labute approximate surface area is 94.2 Å². The van der Waals surface area contributed by atoms with Crippen molar-refractivity contribution in [2.75, 3.05) is 0 Å². The van der Waals surface area contributed by atoms with Gasteiger partial charge in [-0.05, 0) is 12.1 Å². The van der Waals surface area contributed by atoms with Gasteiger partial charge in [0.2, 0.25) is 0 Å². The molecule has 0 aliphatic carbocycles. The third-order valence-corrected chi connectivity index (χ3v) is 1.67. The van der Waals surface area contributed by atoms with Crippen LogP contribution in [0.25, 0.3) is 0 Å². The predicted octanol–water partition coefficient (Wildman–Crippen LogP) is 3.28. The molecule has 0 bridgehead atoms. The summed E-state index contributed by atoms with van der Waals surface area (Å²) in [4.78, 5) is 0. The first-order valence-corrected chi connectivity index (χ1v) is 4.14.